The van der Waals surface area contributed by atoms with E-state index < -0.39 is 0 Å². The number of fused-ring (bicyclic) bond motifs is 1. The Hall–Kier alpha value is -1.27. The number of thiazole rings is 1. The second kappa shape index (κ2) is 4.93. The van der Waals surface area contributed by atoms with Crippen LogP contribution in [0.3, 0.4) is 0 Å². The van der Waals surface area contributed by atoms with E-state index in [9.17, 15) is 5.11 Å². The highest BCUT2D eigenvalue weighted by Gasteiger charge is 2.29. The molecular formula is C14H18N4OS. The second-order valence-corrected chi connectivity index (χ2v) is 6.75. The van der Waals surface area contributed by atoms with Crippen LogP contribution in [0.5, 0.6) is 0 Å². The lowest BCUT2D eigenvalue weighted by atomic mass is 9.82. The second-order valence-electron chi connectivity index (χ2n) is 5.69. The SMILES string of the molecule is OCc1nnn(-c2nc3c(s2)CCCC3)c1C1CCC1. The van der Waals surface area contributed by atoms with Gasteiger partial charge in [-0.2, -0.15) is 4.68 Å². The molecule has 2 aromatic rings. The van der Waals surface area contributed by atoms with Crippen molar-refractivity contribution in [2.75, 3.05) is 0 Å². The molecule has 20 heavy (non-hydrogen) atoms. The first-order chi connectivity index (χ1) is 9.86. The van der Waals surface area contributed by atoms with Crippen molar-refractivity contribution in [1.29, 1.82) is 0 Å². The van der Waals surface area contributed by atoms with Crippen molar-refractivity contribution >= 4 is 11.3 Å². The Morgan fingerprint density at radius 1 is 1.20 bits per heavy atom. The predicted molar refractivity (Wildman–Crippen MR) is 76.2 cm³/mol. The molecule has 0 aliphatic heterocycles. The van der Waals surface area contributed by atoms with Crippen molar-refractivity contribution in [2.45, 2.75) is 57.5 Å². The fourth-order valence-corrected chi connectivity index (χ4v) is 4.20. The minimum absolute atomic E-state index is 0.0308. The normalized spacial score (nSPS) is 18.9. The number of hydrogen-bond acceptors (Lipinski definition) is 5. The van der Waals surface area contributed by atoms with Crippen molar-refractivity contribution in [2.24, 2.45) is 0 Å². The van der Waals surface area contributed by atoms with Crippen molar-refractivity contribution in [3.63, 3.8) is 0 Å². The van der Waals surface area contributed by atoms with Gasteiger partial charge in [0.05, 0.1) is 18.0 Å². The van der Waals surface area contributed by atoms with Gasteiger partial charge in [-0.25, -0.2) is 4.98 Å². The quantitative estimate of drug-likeness (QED) is 0.942. The Kier molecular flexibility index (Phi) is 3.07. The molecule has 1 N–H and O–H groups in total. The zero-order valence-corrected chi connectivity index (χ0v) is 12.2. The monoisotopic (exact) mass is 290 g/mol. The molecule has 106 valence electrons. The van der Waals surface area contributed by atoms with Crippen LogP contribution in [0, 0.1) is 0 Å². The van der Waals surface area contributed by atoms with Gasteiger partial charge >= 0.3 is 0 Å². The largest absolute Gasteiger partial charge is 0.390 e. The van der Waals surface area contributed by atoms with E-state index in [0.717, 1.165) is 29.4 Å². The standard InChI is InChI=1S/C14H18N4OS/c19-8-11-13(9-4-3-5-9)18(17-16-11)14-15-10-6-1-2-7-12(10)20-14/h9,19H,1-8H2. The first kappa shape index (κ1) is 12.5. The van der Waals surface area contributed by atoms with E-state index in [1.165, 1.54) is 42.7 Å². The maximum Gasteiger partial charge on any atom is 0.212 e. The molecule has 0 amide bonds. The highest BCUT2D eigenvalue weighted by Crippen LogP contribution is 2.39. The highest BCUT2D eigenvalue weighted by molar-refractivity contribution is 7.14. The predicted octanol–water partition coefficient (Wildman–Crippen LogP) is 2.36. The molecule has 1 fully saturated rings. The number of rotatable bonds is 3. The van der Waals surface area contributed by atoms with Crippen LogP contribution in [0.25, 0.3) is 5.13 Å². The summed E-state index contributed by atoms with van der Waals surface area (Å²) in [5.41, 5.74) is 3.06. The van der Waals surface area contributed by atoms with Crippen LogP contribution in [0.2, 0.25) is 0 Å². The lowest BCUT2D eigenvalue weighted by Gasteiger charge is -2.25. The Morgan fingerprint density at radius 3 is 2.75 bits per heavy atom. The minimum Gasteiger partial charge on any atom is -0.390 e. The van der Waals surface area contributed by atoms with Gasteiger partial charge < -0.3 is 5.11 Å². The first-order valence-electron chi connectivity index (χ1n) is 7.41. The van der Waals surface area contributed by atoms with Crippen LogP contribution >= 0.6 is 11.3 Å². The van der Waals surface area contributed by atoms with E-state index in [2.05, 4.69) is 10.3 Å². The van der Waals surface area contributed by atoms with Crippen LogP contribution in [0.4, 0.5) is 0 Å². The molecule has 2 aliphatic rings. The summed E-state index contributed by atoms with van der Waals surface area (Å²) in [5.74, 6) is 0.494. The summed E-state index contributed by atoms with van der Waals surface area (Å²) in [7, 11) is 0. The van der Waals surface area contributed by atoms with Crippen LogP contribution in [0.1, 0.15) is 60.0 Å². The first-order valence-corrected chi connectivity index (χ1v) is 8.22. The summed E-state index contributed by atoms with van der Waals surface area (Å²) in [6.07, 6.45) is 8.35. The summed E-state index contributed by atoms with van der Waals surface area (Å²) in [4.78, 5) is 6.18. The number of hydrogen-bond donors (Lipinski definition) is 1. The maximum atomic E-state index is 9.48. The third kappa shape index (κ3) is 1.90. The third-order valence-corrected chi connectivity index (χ3v) is 5.57. The van der Waals surface area contributed by atoms with Gasteiger partial charge in [0.25, 0.3) is 0 Å². The van der Waals surface area contributed by atoms with E-state index in [1.54, 1.807) is 11.3 Å². The zero-order chi connectivity index (χ0) is 13.5. The molecule has 4 rings (SSSR count). The summed E-state index contributed by atoms with van der Waals surface area (Å²) in [6, 6.07) is 0. The van der Waals surface area contributed by atoms with Gasteiger partial charge in [-0.3, -0.25) is 0 Å². The molecule has 0 atom stereocenters. The molecule has 2 aromatic heterocycles. The van der Waals surface area contributed by atoms with Crippen LogP contribution in [-0.2, 0) is 19.4 Å². The summed E-state index contributed by atoms with van der Waals surface area (Å²) in [6.45, 7) is -0.0308. The van der Waals surface area contributed by atoms with Gasteiger partial charge in [-0.1, -0.05) is 23.0 Å². The molecule has 0 spiro atoms. The Balaban J connectivity index is 1.77. The third-order valence-electron chi connectivity index (χ3n) is 4.44. The Labute approximate surface area is 121 Å². The molecule has 6 heteroatoms. The van der Waals surface area contributed by atoms with Crippen molar-refractivity contribution < 1.29 is 5.11 Å². The fourth-order valence-electron chi connectivity index (χ4n) is 3.09. The van der Waals surface area contributed by atoms with Gasteiger partial charge in [0.2, 0.25) is 5.13 Å². The van der Waals surface area contributed by atoms with E-state index in [1.807, 2.05) is 4.68 Å². The summed E-state index contributed by atoms with van der Waals surface area (Å²) in [5, 5.41) is 18.8. The average Bonchev–Trinajstić information content (AvgIpc) is 2.99. The van der Waals surface area contributed by atoms with Crippen LogP contribution < -0.4 is 0 Å². The Bertz CT molecular complexity index is 606. The molecule has 2 aliphatic carbocycles. The van der Waals surface area contributed by atoms with Crippen LogP contribution in [0.15, 0.2) is 0 Å². The van der Waals surface area contributed by atoms with E-state index in [-0.39, 0.29) is 6.61 Å². The molecule has 0 aromatic carbocycles. The van der Waals surface area contributed by atoms with E-state index in [4.69, 9.17) is 4.98 Å². The van der Waals surface area contributed by atoms with Gasteiger partial charge in [0.1, 0.15) is 5.69 Å². The van der Waals surface area contributed by atoms with Gasteiger partial charge in [-0.05, 0) is 38.5 Å². The molecule has 0 saturated heterocycles. The molecule has 0 radical (unpaired) electrons. The molecular weight excluding hydrogens is 272 g/mol. The molecule has 5 nitrogen and oxygen atoms in total. The number of aliphatic hydroxyl groups excluding tert-OH is 1. The van der Waals surface area contributed by atoms with Gasteiger partial charge in [-0.15, -0.1) is 5.10 Å². The smallest absolute Gasteiger partial charge is 0.212 e. The van der Waals surface area contributed by atoms with Gasteiger partial charge in [0.15, 0.2) is 0 Å². The number of nitrogens with zero attached hydrogens (tertiary/aromatic N) is 4. The summed E-state index contributed by atoms with van der Waals surface area (Å²) >= 11 is 1.75. The number of aliphatic hydroxyl groups is 1. The Morgan fingerprint density at radius 2 is 2.05 bits per heavy atom. The molecule has 0 bridgehead atoms. The van der Waals surface area contributed by atoms with E-state index >= 15 is 0 Å². The lowest BCUT2D eigenvalue weighted by Crippen LogP contribution is -2.16. The van der Waals surface area contributed by atoms with Crippen molar-refractivity contribution in [3.05, 3.63) is 22.0 Å². The highest BCUT2D eigenvalue weighted by atomic mass is 32.1. The molecule has 1 saturated carbocycles. The van der Waals surface area contributed by atoms with Crippen molar-refractivity contribution in [1.82, 2.24) is 20.0 Å². The number of aryl methyl sites for hydroxylation is 2. The zero-order valence-electron chi connectivity index (χ0n) is 11.4. The molecule has 2 heterocycles. The van der Waals surface area contributed by atoms with Gasteiger partial charge in [0, 0.05) is 10.8 Å². The maximum absolute atomic E-state index is 9.48. The van der Waals surface area contributed by atoms with Crippen molar-refractivity contribution in [3.8, 4) is 5.13 Å². The summed E-state index contributed by atoms with van der Waals surface area (Å²) < 4.78 is 1.89. The minimum atomic E-state index is -0.0308. The lowest BCUT2D eigenvalue weighted by molar-refractivity contribution is 0.272. The average molecular weight is 290 g/mol. The number of aromatic nitrogens is 4. The molecule has 0 unspecified atom stereocenters. The fraction of sp³-hybridized carbons (Fsp3) is 0.643. The van der Waals surface area contributed by atoms with E-state index in [0.29, 0.717) is 5.92 Å². The topological polar surface area (TPSA) is 63.8 Å². The van der Waals surface area contributed by atoms with Crippen LogP contribution in [-0.4, -0.2) is 25.1 Å².